The van der Waals surface area contributed by atoms with E-state index in [1.54, 1.807) is 6.07 Å². The number of thiophene rings is 1. The van der Waals surface area contributed by atoms with Crippen molar-refractivity contribution < 1.29 is 18.7 Å². The normalized spacial score (nSPS) is 11.9. The first-order valence-corrected chi connectivity index (χ1v) is 8.01. The molecule has 1 heterocycles. The molecule has 2 rings (SSSR count). The van der Waals surface area contributed by atoms with Crippen molar-refractivity contribution in [3.05, 3.63) is 50.4 Å². The highest BCUT2D eigenvalue weighted by molar-refractivity contribution is 7.12. The number of carbonyl (C=O) groups is 2. The molecule has 0 saturated heterocycles. The van der Waals surface area contributed by atoms with Crippen LogP contribution >= 0.6 is 22.9 Å². The lowest BCUT2D eigenvalue weighted by Gasteiger charge is -2.14. The molecule has 2 aromatic rings. The van der Waals surface area contributed by atoms with Gasteiger partial charge in [0.2, 0.25) is 0 Å². The third-order valence-corrected chi connectivity index (χ3v) is 4.38. The van der Waals surface area contributed by atoms with Crippen molar-refractivity contribution >= 4 is 40.5 Å². The summed E-state index contributed by atoms with van der Waals surface area (Å²) in [6, 6.07) is 5.33. The quantitative estimate of drug-likeness (QED) is 0.830. The molecule has 0 fully saturated rings. The average molecular weight is 356 g/mol. The highest BCUT2D eigenvalue weighted by Gasteiger charge is 2.21. The first-order chi connectivity index (χ1) is 10.8. The number of aryl methyl sites for hydroxylation is 2. The zero-order valence-corrected chi connectivity index (χ0v) is 14.3. The third-order valence-electron chi connectivity index (χ3n) is 3.10. The van der Waals surface area contributed by atoms with Crippen LogP contribution in [0.2, 0.25) is 5.02 Å². The van der Waals surface area contributed by atoms with Crippen LogP contribution in [0.5, 0.6) is 0 Å². The molecule has 0 bridgehead atoms. The molecular weight excluding hydrogens is 341 g/mol. The van der Waals surface area contributed by atoms with Gasteiger partial charge in [0.25, 0.3) is 5.91 Å². The van der Waals surface area contributed by atoms with Gasteiger partial charge in [-0.05, 0) is 45.0 Å². The molecule has 0 radical (unpaired) electrons. The van der Waals surface area contributed by atoms with Gasteiger partial charge in [-0.2, -0.15) is 0 Å². The molecule has 4 nitrogen and oxygen atoms in total. The van der Waals surface area contributed by atoms with Gasteiger partial charge in [0.15, 0.2) is 6.10 Å². The molecule has 1 amide bonds. The molecule has 1 aromatic carbocycles. The second-order valence-electron chi connectivity index (χ2n) is 4.99. The number of esters is 1. The van der Waals surface area contributed by atoms with Crippen LogP contribution in [0.1, 0.15) is 27.0 Å². The van der Waals surface area contributed by atoms with Crippen molar-refractivity contribution in [3.8, 4) is 0 Å². The number of hydrogen-bond donors (Lipinski definition) is 1. The fraction of sp³-hybridized carbons (Fsp3) is 0.250. The summed E-state index contributed by atoms with van der Waals surface area (Å²) in [4.78, 5) is 26.0. The summed E-state index contributed by atoms with van der Waals surface area (Å²) in [5.74, 6) is -1.60. The number of amides is 1. The van der Waals surface area contributed by atoms with E-state index in [4.69, 9.17) is 16.3 Å². The Morgan fingerprint density at radius 2 is 2.00 bits per heavy atom. The molecule has 0 aliphatic rings. The number of halogens is 2. The lowest BCUT2D eigenvalue weighted by atomic mass is 10.2. The molecule has 122 valence electrons. The largest absolute Gasteiger partial charge is 0.449 e. The van der Waals surface area contributed by atoms with Crippen LogP contribution in [-0.4, -0.2) is 18.0 Å². The minimum absolute atomic E-state index is 0.0705. The van der Waals surface area contributed by atoms with E-state index in [9.17, 15) is 14.0 Å². The second-order valence-corrected chi connectivity index (χ2v) is 6.86. The van der Waals surface area contributed by atoms with Gasteiger partial charge in [-0.25, -0.2) is 9.18 Å². The Kier molecular flexibility index (Phi) is 5.38. The van der Waals surface area contributed by atoms with Crippen LogP contribution in [0.15, 0.2) is 24.3 Å². The molecule has 0 aliphatic heterocycles. The summed E-state index contributed by atoms with van der Waals surface area (Å²) in [6.45, 7) is 5.16. The van der Waals surface area contributed by atoms with Crippen molar-refractivity contribution in [1.82, 2.24) is 0 Å². The van der Waals surface area contributed by atoms with E-state index >= 15 is 0 Å². The number of carbonyl (C=O) groups excluding carboxylic acids is 2. The van der Waals surface area contributed by atoms with Crippen LogP contribution in [-0.2, 0) is 9.53 Å². The molecule has 1 N–H and O–H groups in total. The monoisotopic (exact) mass is 355 g/mol. The smallest absolute Gasteiger partial charge is 0.340 e. The predicted octanol–water partition coefficient (Wildman–Crippen LogP) is 4.34. The molecule has 0 unspecified atom stereocenters. The molecule has 0 saturated carbocycles. The molecule has 1 aromatic heterocycles. The first kappa shape index (κ1) is 17.4. The summed E-state index contributed by atoms with van der Waals surface area (Å²) >= 11 is 7.33. The van der Waals surface area contributed by atoms with E-state index in [2.05, 4.69) is 5.32 Å². The maximum absolute atomic E-state index is 13.0. The van der Waals surface area contributed by atoms with Crippen molar-refractivity contribution in [2.75, 3.05) is 5.32 Å². The Morgan fingerprint density at radius 1 is 1.30 bits per heavy atom. The zero-order valence-electron chi connectivity index (χ0n) is 12.8. The van der Waals surface area contributed by atoms with Crippen LogP contribution in [0.25, 0.3) is 0 Å². The fourth-order valence-corrected chi connectivity index (χ4v) is 3.06. The van der Waals surface area contributed by atoms with Gasteiger partial charge in [0.05, 0.1) is 16.3 Å². The highest BCUT2D eigenvalue weighted by Crippen LogP contribution is 2.24. The van der Waals surface area contributed by atoms with E-state index in [-0.39, 0.29) is 10.7 Å². The van der Waals surface area contributed by atoms with Gasteiger partial charge in [0.1, 0.15) is 5.82 Å². The molecule has 7 heteroatoms. The number of anilines is 1. The summed E-state index contributed by atoms with van der Waals surface area (Å²) in [5.41, 5.74) is 0.704. The summed E-state index contributed by atoms with van der Waals surface area (Å²) in [7, 11) is 0. The summed E-state index contributed by atoms with van der Waals surface area (Å²) in [5, 5.41) is 2.57. The average Bonchev–Trinajstić information content (AvgIpc) is 2.80. The lowest BCUT2D eigenvalue weighted by Crippen LogP contribution is -2.30. The number of nitrogens with one attached hydrogen (secondary N) is 1. The molecule has 23 heavy (non-hydrogen) atoms. The van der Waals surface area contributed by atoms with E-state index in [1.165, 1.54) is 30.4 Å². The topological polar surface area (TPSA) is 55.4 Å². The van der Waals surface area contributed by atoms with Crippen LogP contribution in [0, 0.1) is 19.7 Å². The van der Waals surface area contributed by atoms with Crippen LogP contribution in [0.3, 0.4) is 0 Å². The number of ether oxygens (including phenoxy) is 1. The van der Waals surface area contributed by atoms with Gasteiger partial charge in [0, 0.05) is 9.75 Å². The van der Waals surface area contributed by atoms with Crippen molar-refractivity contribution in [2.45, 2.75) is 26.9 Å². The minimum atomic E-state index is -1.01. The van der Waals surface area contributed by atoms with Crippen LogP contribution in [0.4, 0.5) is 10.1 Å². The maximum atomic E-state index is 13.0. The predicted molar refractivity (Wildman–Crippen MR) is 88.7 cm³/mol. The Balaban J connectivity index is 2.02. The van der Waals surface area contributed by atoms with Crippen molar-refractivity contribution in [2.24, 2.45) is 0 Å². The maximum Gasteiger partial charge on any atom is 0.340 e. The highest BCUT2D eigenvalue weighted by atomic mass is 35.5. The zero-order chi connectivity index (χ0) is 17.1. The Labute approximate surface area is 142 Å². The van der Waals surface area contributed by atoms with Gasteiger partial charge < -0.3 is 10.1 Å². The summed E-state index contributed by atoms with van der Waals surface area (Å²) < 4.78 is 18.1. The van der Waals surface area contributed by atoms with Gasteiger partial charge >= 0.3 is 5.97 Å². The second kappa shape index (κ2) is 7.10. The van der Waals surface area contributed by atoms with Crippen molar-refractivity contribution in [3.63, 3.8) is 0 Å². The standard InChI is InChI=1S/C16H15ClFNO3S/c1-8-6-12(10(3)23-8)16(21)22-9(2)15(20)19-14-5-4-11(18)7-13(14)17/h4-7,9H,1-3H3,(H,19,20)/t9-/m1/s1. The van der Waals surface area contributed by atoms with Gasteiger partial charge in [-0.1, -0.05) is 11.6 Å². The Bertz CT molecular complexity index is 760. The SMILES string of the molecule is Cc1cc(C(=O)O[C@H](C)C(=O)Nc2ccc(F)cc2Cl)c(C)s1. The van der Waals surface area contributed by atoms with E-state index in [1.807, 2.05) is 13.8 Å². The lowest BCUT2D eigenvalue weighted by molar-refractivity contribution is -0.123. The first-order valence-electron chi connectivity index (χ1n) is 6.82. The van der Waals surface area contributed by atoms with Gasteiger partial charge in [-0.15, -0.1) is 11.3 Å². The van der Waals surface area contributed by atoms with Crippen LogP contribution < -0.4 is 5.32 Å². The molecule has 0 spiro atoms. The Hall–Kier alpha value is -1.92. The van der Waals surface area contributed by atoms with E-state index < -0.39 is 23.8 Å². The van der Waals surface area contributed by atoms with Crippen molar-refractivity contribution in [1.29, 1.82) is 0 Å². The minimum Gasteiger partial charge on any atom is -0.449 e. The molecule has 1 atom stereocenters. The molecule has 0 aliphatic carbocycles. The van der Waals surface area contributed by atoms with E-state index in [0.717, 1.165) is 15.8 Å². The number of hydrogen-bond acceptors (Lipinski definition) is 4. The third kappa shape index (κ3) is 4.30. The Morgan fingerprint density at radius 3 is 2.57 bits per heavy atom. The fourth-order valence-electron chi connectivity index (χ4n) is 1.94. The molecular formula is C16H15ClFNO3S. The summed E-state index contributed by atoms with van der Waals surface area (Å²) in [6.07, 6.45) is -1.01. The number of benzene rings is 1. The van der Waals surface area contributed by atoms with Gasteiger partial charge in [-0.3, -0.25) is 4.79 Å². The number of rotatable bonds is 4. The van der Waals surface area contributed by atoms with E-state index in [0.29, 0.717) is 5.56 Å².